The molecule has 0 aliphatic heterocycles. The van der Waals surface area contributed by atoms with Crippen LogP contribution < -0.4 is 0 Å². The lowest BCUT2D eigenvalue weighted by Crippen LogP contribution is -2.12. The average Bonchev–Trinajstić information content (AvgIpc) is 2.71. The third kappa shape index (κ3) is 6.82. The molecule has 0 bridgehead atoms. The van der Waals surface area contributed by atoms with E-state index in [1.165, 1.54) is 30.4 Å². The van der Waals surface area contributed by atoms with E-state index in [2.05, 4.69) is 43.1 Å². The lowest BCUT2D eigenvalue weighted by Gasteiger charge is -2.17. The highest BCUT2D eigenvalue weighted by atomic mass is 16.5. The van der Waals surface area contributed by atoms with Gasteiger partial charge in [0.15, 0.2) is 0 Å². The first-order valence-electron chi connectivity index (χ1n) is 10.4. The van der Waals surface area contributed by atoms with Gasteiger partial charge < -0.3 is 4.74 Å². The molecule has 1 heterocycles. The molecule has 3 nitrogen and oxygen atoms in total. The van der Waals surface area contributed by atoms with Crippen LogP contribution in [0, 0.1) is 0 Å². The first-order valence-corrected chi connectivity index (χ1v) is 10.4. The van der Waals surface area contributed by atoms with E-state index in [9.17, 15) is 4.79 Å². The Morgan fingerprint density at radius 3 is 2.15 bits per heavy atom. The number of aryl methyl sites for hydroxylation is 2. The van der Waals surface area contributed by atoms with Crippen molar-refractivity contribution in [2.45, 2.75) is 78.2 Å². The van der Waals surface area contributed by atoms with E-state index in [-0.39, 0.29) is 12.1 Å². The Hall–Kier alpha value is -2.16. The average molecular weight is 368 g/mol. The number of pyridine rings is 1. The standard InChI is InChI=1S/C24H33NO2/c1-4-7-9-11-19-12-15-21(16-13-19)23(6-3)27-24(26)22-17-14-20(18-25-22)10-8-5-2/h12-18,23H,4-11H2,1-3H3. The summed E-state index contributed by atoms with van der Waals surface area (Å²) in [6.45, 7) is 6.42. The van der Waals surface area contributed by atoms with Crippen LogP contribution in [0.1, 0.15) is 92.6 Å². The summed E-state index contributed by atoms with van der Waals surface area (Å²) in [5, 5.41) is 0. The van der Waals surface area contributed by atoms with Crippen LogP contribution in [0.15, 0.2) is 42.6 Å². The van der Waals surface area contributed by atoms with E-state index in [1.807, 2.05) is 13.0 Å². The van der Waals surface area contributed by atoms with Gasteiger partial charge in [-0.05, 0) is 54.9 Å². The van der Waals surface area contributed by atoms with E-state index in [0.29, 0.717) is 5.69 Å². The number of rotatable bonds is 11. The van der Waals surface area contributed by atoms with Crippen molar-refractivity contribution in [2.24, 2.45) is 0 Å². The molecule has 2 rings (SSSR count). The molecule has 0 saturated carbocycles. The summed E-state index contributed by atoms with van der Waals surface area (Å²) in [7, 11) is 0. The molecule has 3 heteroatoms. The third-order valence-electron chi connectivity index (χ3n) is 4.89. The summed E-state index contributed by atoms with van der Waals surface area (Å²) in [6, 6.07) is 12.2. The number of unbranched alkanes of at least 4 members (excludes halogenated alkanes) is 3. The van der Waals surface area contributed by atoms with Gasteiger partial charge in [-0.15, -0.1) is 0 Å². The SMILES string of the molecule is CCCCCc1ccc(C(CC)OC(=O)c2ccc(CCCC)cn2)cc1. The van der Waals surface area contributed by atoms with Crippen molar-refractivity contribution in [1.82, 2.24) is 4.98 Å². The van der Waals surface area contributed by atoms with Crippen LogP contribution in [0.2, 0.25) is 0 Å². The zero-order valence-electron chi connectivity index (χ0n) is 17.0. The second kappa shape index (κ2) is 11.5. The normalized spacial score (nSPS) is 12.0. The van der Waals surface area contributed by atoms with Gasteiger partial charge in [-0.3, -0.25) is 0 Å². The lowest BCUT2D eigenvalue weighted by molar-refractivity contribution is 0.0281. The predicted octanol–water partition coefficient (Wildman–Crippen LogP) is 6.47. The largest absolute Gasteiger partial charge is 0.453 e. The Kier molecular flexibility index (Phi) is 9.03. The van der Waals surface area contributed by atoms with Gasteiger partial charge in [0.2, 0.25) is 0 Å². The maximum atomic E-state index is 12.5. The summed E-state index contributed by atoms with van der Waals surface area (Å²) >= 11 is 0. The van der Waals surface area contributed by atoms with E-state index in [1.54, 1.807) is 12.3 Å². The Morgan fingerprint density at radius 1 is 0.889 bits per heavy atom. The summed E-state index contributed by atoms with van der Waals surface area (Å²) in [5.74, 6) is -0.351. The van der Waals surface area contributed by atoms with E-state index in [0.717, 1.165) is 37.7 Å². The number of nitrogens with zero attached hydrogens (tertiary/aromatic N) is 1. The highest BCUT2D eigenvalue weighted by Crippen LogP contribution is 2.23. The van der Waals surface area contributed by atoms with Gasteiger partial charge in [-0.2, -0.15) is 0 Å². The van der Waals surface area contributed by atoms with Gasteiger partial charge in [-0.25, -0.2) is 9.78 Å². The molecular formula is C24H33NO2. The third-order valence-corrected chi connectivity index (χ3v) is 4.89. The van der Waals surface area contributed by atoms with Crippen molar-refractivity contribution in [1.29, 1.82) is 0 Å². The molecule has 0 radical (unpaired) electrons. The predicted molar refractivity (Wildman–Crippen MR) is 111 cm³/mol. The number of carbonyl (C=O) groups is 1. The molecule has 0 amide bonds. The minimum Gasteiger partial charge on any atom is -0.453 e. The summed E-state index contributed by atoms with van der Waals surface area (Å²) in [5.41, 5.74) is 3.94. The van der Waals surface area contributed by atoms with Crippen molar-refractivity contribution in [3.8, 4) is 0 Å². The molecule has 1 unspecified atom stereocenters. The van der Waals surface area contributed by atoms with Crippen molar-refractivity contribution >= 4 is 5.97 Å². The Balaban J connectivity index is 1.95. The fraction of sp³-hybridized carbons (Fsp3) is 0.500. The van der Waals surface area contributed by atoms with Crippen LogP contribution in [-0.2, 0) is 17.6 Å². The molecule has 27 heavy (non-hydrogen) atoms. The molecule has 0 saturated heterocycles. The lowest BCUT2D eigenvalue weighted by atomic mass is 10.0. The number of hydrogen-bond acceptors (Lipinski definition) is 3. The molecule has 0 aliphatic rings. The number of aromatic nitrogens is 1. The van der Waals surface area contributed by atoms with Crippen molar-refractivity contribution in [3.63, 3.8) is 0 Å². The van der Waals surface area contributed by atoms with E-state index < -0.39 is 0 Å². The minimum atomic E-state index is -0.351. The van der Waals surface area contributed by atoms with E-state index >= 15 is 0 Å². The second-order valence-electron chi connectivity index (χ2n) is 7.16. The molecular weight excluding hydrogens is 334 g/mol. The molecule has 1 aromatic carbocycles. The molecule has 146 valence electrons. The first-order chi connectivity index (χ1) is 13.2. The Labute approximate surface area is 164 Å². The quantitative estimate of drug-likeness (QED) is 0.338. The molecule has 1 aromatic heterocycles. The van der Waals surface area contributed by atoms with Crippen molar-refractivity contribution < 1.29 is 9.53 Å². The highest BCUT2D eigenvalue weighted by Gasteiger charge is 2.17. The van der Waals surface area contributed by atoms with Gasteiger partial charge in [0, 0.05) is 6.20 Å². The number of esters is 1. The Bertz CT molecular complexity index is 677. The van der Waals surface area contributed by atoms with Crippen LogP contribution in [0.4, 0.5) is 0 Å². The molecule has 0 fully saturated rings. The second-order valence-corrected chi connectivity index (χ2v) is 7.16. The van der Waals surface area contributed by atoms with Crippen molar-refractivity contribution in [3.05, 3.63) is 65.0 Å². The highest BCUT2D eigenvalue weighted by molar-refractivity contribution is 5.87. The van der Waals surface area contributed by atoms with Crippen LogP contribution in [0.3, 0.4) is 0 Å². The summed E-state index contributed by atoms with van der Waals surface area (Å²) < 4.78 is 5.73. The summed E-state index contributed by atoms with van der Waals surface area (Å²) in [4.78, 5) is 16.8. The number of benzene rings is 1. The molecule has 0 aliphatic carbocycles. The van der Waals surface area contributed by atoms with Gasteiger partial charge in [0.1, 0.15) is 11.8 Å². The fourth-order valence-electron chi connectivity index (χ4n) is 3.13. The van der Waals surface area contributed by atoms with Gasteiger partial charge in [0.05, 0.1) is 0 Å². The smallest absolute Gasteiger partial charge is 0.357 e. The molecule has 0 spiro atoms. The van der Waals surface area contributed by atoms with E-state index in [4.69, 9.17) is 4.74 Å². The number of ether oxygens (including phenoxy) is 1. The van der Waals surface area contributed by atoms with Gasteiger partial charge >= 0.3 is 5.97 Å². The maximum absolute atomic E-state index is 12.5. The Morgan fingerprint density at radius 2 is 1.56 bits per heavy atom. The van der Waals surface area contributed by atoms with Gasteiger partial charge in [0.25, 0.3) is 0 Å². The number of carbonyl (C=O) groups excluding carboxylic acids is 1. The van der Waals surface area contributed by atoms with Gasteiger partial charge in [-0.1, -0.05) is 70.4 Å². The first kappa shape index (κ1) is 21.1. The molecule has 2 aromatic rings. The fourth-order valence-corrected chi connectivity index (χ4v) is 3.13. The monoisotopic (exact) mass is 367 g/mol. The van der Waals surface area contributed by atoms with Crippen molar-refractivity contribution in [2.75, 3.05) is 0 Å². The zero-order chi connectivity index (χ0) is 19.5. The van der Waals surface area contributed by atoms with Crippen LogP contribution in [-0.4, -0.2) is 11.0 Å². The summed E-state index contributed by atoms with van der Waals surface area (Å²) in [6.07, 6.45) is 10.4. The van der Waals surface area contributed by atoms with Crippen LogP contribution in [0.25, 0.3) is 0 Å². The number of hydrogen-bond donors (Lipinski definition) is 0. The van der Waals surface area contributed by atoms with Crippen LogP contribution >= 0.6 is 0 Å². The molecule has 0 N–H and O–H groups in total. The minimum absolute atomic E-state index is 0.233. The topological polar surface area (TPSA) is 39.2 Å². The maximum Gasteiger partial charge on any atom is 0.357 e. The molecule has 1 atom stereocenters. The van der Waals surface area contributed by atoms with Crippen LogP contribution in [0.5, 0.6) is 0 Å². The zero-order valence-corrected chi connectivity index (χ0v) is 17.0.